The summed E-state index contributed by atoms with van der Waals surface area (Å²) in [7, 11) is 1.49. The van der Waals surface area contributed by atoms with E-state index in [9.17, 15) is 14.4 Å². The fraction of sp³-hybridized carbons (Fsp3) is 0.148. The van der Waals surface area contributed by atoms with Crippen molar-refractivity contribution in [1.82, 2.24) is 5.32 Å². The van der Waals surface area contributed by atoms with Crippen LogP contribution >= 0.6 is 11.8 Å². The molecule has 1 atom stereocenters. The minimum absolute atomic E-state index is 0.150. The third-order valence-corrected chi connectivity index (χ3v) is 6.20. The maximum atomic E-state index is 12.8. The summed E-state index contributed by atoms with van der Waals surface area (Å²) in [6.07, 6.45) is 1.63. The Labute approximate surface area is 207 Å². The highest BCUT2D eigenvalue weighted by Gasteiger charge is 2.36. The summed E-state index contributed by atoms with van der Waals surface area (Å²) in [6.45, 7) is 1.73. The number of amides is 3. The van der Waals surface area contributed by atoms with E-state index in [0.29, 0.717) is 27.7 Å². The van der Waals surface area contributed by atoms with Crippen molar-refractivity contribution in [3.05, 3.63) is 94.9 Å². The summed E-state index contributed by atoms with van der Waals surface area (Å²) in [5.74, 6) is 0.159. The highest BCUT2D eigenvalue weighted by Crippen LogP contribution is 2.37. The van der Waals surface area contributed by atoms with Crippen molar-refractivity contribution in [2.24, 2.45) is 0 Å². The standard InChI is InChI=1S/C27H24N2O5S/c1-18(20-9-5-3-6-10-20)28-25(30)17-34-22-14-13-19(15-23(22)33-2)16-24-26(31)29(27(32)35-24)21-11-7-4-8-12-21/h3-16,18H,17H2,1-2H3,(H,28,30)/b24-16+. The van der Waals surface area contributed by atoms with E-state index in [1.54, 1.807) is 48.5 Å². The molecule has 1 aliphatic rings. The summed E-state index contributed by atoms with van der Waals surface area (Å²) in [6, 6.07) is 23.4. The molecule has 0 aliphatic carbocycles. The molecular weight excluding hydrogens is 464 g/mol. The number of hydrogen-bond donors (Lipinski definition) is 1. The van der Waals surface area contributed by atoms with E-state index < -0.39 is 0 Å². The van der Waals surface area contributed by atoms with Gasteiger partial charge in [-0.2, -0.15) is 0 Å². The molecule has 3 aromatic carbocycles. The number of thioether (sulfide) groups is 1. The highest BCUT2D eigenvalue weighted by atomic mass is 32.2. The number of carbonyl (C=O) groups is 3. The van der Waals surface area contributed by atoms with Gasteiger partial charge in [-0.15, -0.1) is 0 Å². The second-order valence-corrected chi connectivity index (χ2v) is 8.74. The summed E-state index contributed by atoms with van der Waals surface area (Å²) in [4.78, 5) is 39.1. The molecule has 8 heteroatoms. The molecule has 7 nitrogen and oxygen atoms in total. The van der Waals surface area contributed by atoms with Crippen LogP contribution in [0.25, 0.3) is 6.08 Å². The predicted molar refractivity (Wildman–Crippen MR) is 136 cm³/mol. The lowest BCUT2D eigenvalue weighted by molar-refractivity contribution is -0.123. The van der Waals surface area contributed by atoms with Gasteiger partial charge in [-0.1, -0.05) is 54.6 Å². The van der Waals surface area contributed by atoms with E-state index in [1.165, 1.54) is 7.11 Å². The van der Waals surface area contributed by atoms with Crippen LogP contribution in [0, 0.1) is 0 Å². The Morgan fingerprint density at radius 2 is 1.69 bits per heavy atom. The second kappa shape index (κ2) is 10.9. The van der Waals surface area contributed by atoms with Gasteiger partial charge in [-0.05, 0) is 60.2 Å². The van der Waals surface area contributed by atoms with Crippen molar-refractivity contribution >= 4 is 40.6 Å². The Morgan fingerprint density at radius 3 is 2.37 bits per heavy atom. The van der Waals surface area contributed by atoms with Crippen molar-refractivity contribution in [2.75, 3.05) is 18.6 Å². The third-order valence-electron chi connectivity index (χ3n) is 5.33. The molecular formula is C27H24N2O5S. The molecule has 4 rings (SSSR count). The monoisotopic (exact) mass is 488 g/mol. The predicted octanol–water partition coefficient (Wildman–Crippen LogP) is 5.19. The zero-order valence-corrected chi connectivity index (χ0v) is 20.1. The smallest absolute Gasteiger partial charge is 0.298 e. The SMILES string of the molecule is COc1cc(/C=C2/SC(=O)N(c3ccccc3)C2=O)ccc1OCC(=O)NC(C)c1ccccc1. The molecule has 35 heavy (non-hydrogen) atoms. The van der Waals surface area contributed by atoms with Gasteiger partial charge >= 0.3 is 0 Å². The molecule has 178 valence electrons. The minimum atomic E-state index is -0.380. The van der Waals surface area contributed by atoms with Crippen LogP contribution in [0.5, 0.6) is 11.5 Å². The molecule has 0 saturated carbocycles. The molecule has 3 aromatic rings. The second-order valence-electron chi connectivity index (χ2n) is 7.75. The average molecular weight is 489 g/mol. The van der Waals surface area contributed by atoms with Gasteiger partial charge < -0.3 is 14.8 Å². The number of hydrogen-bond acceptors (Lipinski definition) is 6. The van der Waals surface area contributed by atoms with Crippen LogP contribution in [0.15, 0.2) is 83.8 Å². The molecule has 1 aliphatic heterocycles. The lowest BCUT2D eigenvalue weighted by atomic mass is 10.1. The van der Waals surface area contributed by atoms with E-state index in [2.05, 4.69) is 5.32 Å². The first-order valence-electron chi connectivity index (χ1n) is 10.9. The minimum Gasteiger partial charge on any atom is -0.493 e. The normalized spacial score (nSPS) is 15.3. The van der Waals surface area contributed by atoms with Gasteiger partial charge in [0.15, 0.2) is 18.1 Å². The van der Waals surface area contributed by atoms with Crippen molar-refractivity contribution in [2.45, 2.75) is 13.0 Å². The molecule has 1 heterocycles. The third kappa shape index (κ3) is 5.73. The Hall–Kier alpha value is -4.04. The molecule has 0 spiro atoms. The van der Waals surface area contributed by atoms with Crippen LogP contribution in [0.2, 0.25) is 0 Å². The van der Waals surface area contributed by atoms with E-state index in [-0.39, 0.29) is 29.7 Å². The number of nitrogens with one attached hydrogen (secondary N) is 1. The number of anilines is 1. The molecule has 3 amide bonds. The Kier molecular flexibility index (Phi) is 7.52. The summed E-state index contributed by atoms with van der Waals surface area (Å²) < 4.78 is 11.1. The topological polar surface area (TPSA) is 84.9 Å². The zero-order chi connectivity index (χ0) is 24.8. The Balaban J connectivity index is 1.42. The van der Waals surface area contributed by atoms with Crippen molar-refractivity contribution < 1.29 is 23.9 Å². The van der Waals surface area contributed by atoms with E-state index in [0.717, 1.165) is 22.2 Å². The van der Waals surface area contributed by atoms with Crippen LogP contribution in [-0.2, 0) is 9.59 Å². The molecule has 1 saturated heterocycles. The molecule has 1 fully saturated rings. The summed E-state index contributed by atoms with van der Waals surface area (Å²) >= 11 is 0.881. The van der Waals surface area contributed by atoms with Gasteiger partial charge in [0.05, 0.1) is 23.7 Å². The first-order valence-corrected chi connectivity index (χ1v) is 11.8. The van der Waals surface area contributed by atoms with E-state index >= 15 is 0 Å². The lowest BCUT2D eigenvalue weighted by Gasteiger charge is -2.15. The Morgan fingerprint density at radius 1 is 1.00 bits per heavy atom. The first kappa shape index (κ1) is 24.1. The van der Waals surface area contributed by atoms with Crippen molar-refractivity contribution in [3.8, 4) is 11.5 Å². The van der Waals surface area contributed by atoms with E-state index in [1.807, 2.05) is 43.3 Å². The summed E-state index contributed by atoms with van der Waals surface area (Å²) in [5, 5.41) is 2.55. The maximum Gasteiger partial charge on any atom is 0.298 e. The fourth-order valence-electron chi connectivity index (χ4n) is 3.56. The fourth-order valence-corrected chi connectivity index (χ4v) is 4.40. The number of methoxy groups -OCH3 is 1. The number of para-hydroxylation sites is 1. The first-order chi connectivity index (χ1) is 17.0. The quantitative estimate of drug-likeness (QED) is 0.439. The van der Waals surface area contributed by atoms with Gasteiger partial charge in [-0.25, -0.2) is 4.90 Å². The molecule has 1 N–H and O–H groups in total. The Bertz CT molecular complexity index is 1260. The van der Waals surface area contributed by atoms with Gasteiger partial charge in [0.1, 0.15) is 0 Å². The average Bonchev–Trinajstić information content (AvgIpc) is 3.16. The number of ether oxygens (including phenoxy) is 2. The van der Waals surface area contributed by atoms with Gasteiger partial charge in [0.2, 0.25) is 0 Å². The molecule has 0 bridgehead atoms. The van der Waals surface area contributed by atoms with Gasteiger partial charge in [0.25, 0.3) is 17.1 Å². The van der Waals surface area contributed by atoms with E-state index in [4.69, 9.17) is 9.47 Å². The molecule has 1 unspecified atom stereocenters. The number of nitrogens with zero attached hydrogens (tertiary/aromatic N) is 1. The number of imide groups is 1. The summed E-state index contributed by atoms with van der Waals surface area (Å²) in [5.41, 5.74) is 2.19. The van der Waals surface area contributed by atoms with Crippen LogP contribution in [-0.4, -0.2) is 30.8 Å². The van der Waals surface area contributed by atoms with Crippen LogP contribution in [0.4, 0.5) is 10.5 Å². The van der Waals surface area contributed by atoms with Gasteiger partial charge in [-0.3, -0.25) is 14.4 Å². The van der Waals surface area contributed by atoms with Crippen LogP contribution < -0.4 is 19.7 Å². The largest absolute Gasteiger partial charge is 0.493 e. The number of benzene rings is 3. The zero-order valence-electron chi connectivity index (χ0n) is 19.3. The van der Waals surface area contributed by atoms with Crippen LogP contribution in [0.1, 0.15) is 24.1 Å². The maximum absolute atomic E-state index is 12.8. The van der Waals surface area contributed by atoms with Gasteiger partial charge in [0, 0.05) is 0 Å². The number of rotatable bonds is 8. The highest BCUT2D eigenvalue weighted by molar-refractivity contribution is 8.19. The molecule has 0 radical (unpaired) electrons. The lowest BCUT2D eigenvalue weighted by Crippen LogP contribution is -2.31. The van der Waals surface area contributed by atoms with Crippen LogP contribution in [0.3, 0.4) is 0 Å². The molecule has 0 aromatic heterocycles. The number of carbonyl (C=O) groups excluding carboxylic acids is 3. The van der Waals surface area contributed by atoms with Crippen molar-refractivity contribution in [3.63, 3.8) is 0 Å². The van der Waals surface area contributed by atoms with Crippen molar-refractivity contribution in [1.29, 1.82) is 0 Å².